The maximum absolute atomic E-state index is 12.5. The summed E-state index contributed by atoms with van der Waals surface area (Å²) in [4.78, 5) is 25.1. The Morgan fingerprint density at radius 2 is 0.632 bits per heavy atom. The Kier molecular flexibility index (Phi) is 7.42. The normalized spacial score (nSPS) is 10.3. The third-order valence-electron chi connectivity index (χ3n) is 5.38. The van der Waals surface area contributed by atoms with E-state index in [1.807, 2.05) is 60.7 Å². The molecule has 0 aromatic heterocycles. The smallest absolute Gasteiger partial charge is 0.343 e. The number of benzene rings is 5. The molecule has 0 aliphatic heterocycles. The summed E-state index contributed by atoms with van der Waals surface area (Å²) in [5.74, 6) is 2.33. The van der Waals surface area contributed by atoms with Gasteiger partial charge in [0, 0.05) is 0 Å². The van der Waals surface area contributed by atoms with E-state index in [4.69, 9.17) is 18.9 Å². The molecule has 0 unspecified atom stereocenters. The number of esters is 2. The van der Waals surface area contributed by atoms with Crippen molar-refractivity contribution >= 4 is 11.9 Å². The van der Waals surface area contributed by atoms with Gasteiger partial charge in [0.2, 0.25) is 0 Å². The second-order valence-corrected chi connectivity index (χ2v) is 8.13. The Labute approximate surface area is 219 Å². The van der Waals surface area contributed by atoms with Crippen LogP contribution in [0.15, 0.2) is 133 Å². The summed E-state index contributed by atoms with van der Waals surface area (Å²) in [6.07, 6.45) is 0. The van der Waals surface area contributed by atoms with Gasteiger partial charge in [-0.3, -0.25) is 0 Å². The van der Waals surface area contributed by atoms with Gasteiger partial charge in [0.05, 0.1) is 11.1 Å². The maximum Gasteiger partial charge on any atom is 0.343 e. The van der Waals surface area contributed by atoms with E-state index in [1.165, 1.54) is 24.3 Å². The quantitative estimate of drug-likeness (QED) is 0.160. The van der Waals surface area contributed by atoms with Crippen LogP contribution in [0, 0.1) is 0 Å². The molecule has 186 valence electrons. The van der Waals surface area contributed by atoms with Crippen LogP contribution in [-0.4, -0.2) is 11.9 Å². The van der Waals surface area contributed by atoms with Gasteiger partial charge < -0.3 is 18.9 Å². The highest BCUT2D eigenvalue weighted by molar-refractivity contribution is 5.94. The number of para-hydroxylation sites is 2. The van der Waals surface area contributed by atoms with Gasteiger partial charge in [0.25, 0.3) is 0 Å². The van der Waals surface area contributed by atoms with Crippen molar-refractivity contribution in [1.29, 1.82) is 0 Å². The van der Waals surface area contributed by atoms with Crippen LogP contribution in [0.5, 0.6) is 34.5 Å². The van der Waals surface area contributed by atoms with E-state index in [-0.39, 0.29) is 0 Å². The van der Waals surface area contributed by atoms with Gasteiger partial charge >= 0.3 is 11.9 Å². The zero-order chi connectivity index (χ0) is 26.2. The van der Waals surface area contributed by atoms with Gasteiger partial charge in [-0.25, -0.2) is 9.59 Å². The highest BCUT2D eigenvalue weighted by Gasteiger charge is 2.13. The molecule has 0 saturated carbocycles. The molecule has 5 aromatic rings. The van der Waals surface area contributed by atoms with E-state index in [9.17, 15) is 9.59 Å². The molecule has 0 bridgehead atoms. The molecule has 5 aromatic carbocycles. The summed E-state index contributed by atoms with van der Waals surface area (Å²) >= 11 is 0. The van der Waals surface area contributed by atoms with Crippen LogP contribution >= 0.6 is 0 Å². The average Bonchev–Trinajstić information content (AvgIpc) is 2.96. The standard InChI is InChI=1S/C32H22O6/c33-31(37-29-19-15-27(16-20-29)35-25-7-3-1-4-8-25)23-11-13-24(14-12-23)32(34)38-30-21-17-28(18-22-30)36-26-9-5-2-6-10-26/h1-22H. The Hall–Kier alpha value is -5.36. The molecule has 0 saturated heterocycles. The maximum atomic E-state index is 12.5. The summed E-state index contributed by atoms with van der Waals surface area (Å²) in [7, 11) is 0. The van der Waals surface area contributed by atoms with Crippen LogP contribution in [0.1, 0.15) is 20.7 Å². The number of carbonyl (C=O) groups is 2. The monoisotopic (exact) mass is 502 g/mol. The molecular formula is C32H22O6. The van der Waals surface area contributed by atoms with E-state index in [1.54, 1.807) is 48.5 Å². The summed E-state index contributed by atoms with van der Waals surface area (Å²) in [5.41, 5.74) is 0.599. The molecule has 6 heteroatoms. The highest BCUT2D eigenvalue weighted by Crippen LogP contribution is 2.25. The first-order chi connectivity index (χ1) is 18.6. The van der Waals surface area contributed by atoms with Gasteiger partial charge in [-0.1, -0.05) is 36.4 Å². The molecule has 0 aliphatic carbocycles. The van der Waals surface area contributed by atoms with E-state index in [0.717, 1.165) is 0 Å². The van der Waals surface area contributed by atoms with Crippen molar-refractivity contribution in [3.05, 3.63) is 145 Å². The SMILES string of the molecule is O=C(Oc1ccc(Oc2ccccc2)cc1)c1ccc(C(=O)Oc2ccc(Oc3ccccc3)cc2)cc1. The van der Waals surface area contributed by atoms with Crippen LogP contribution in [0.2, 0.25) is 0 Å². The predicted octanol–water partition coefficient (Wildman–Crippen LogP) is 7.71. The minimum Gasteiger partial charge on any atom is -0.457 e. The van der Waals surface area contributed by atoms with E-state index >= 15 is 0 Å². The number of rotatable bonds is 8. The summed E-state index contributed by atoms with van der Waals surface area (Å²) < 4.78 is 22.3. The van der Waals surface area contributed by atoms with Crippen molar-refractivity contribution < 1.29 is 28.5 Å². The number of carbonyl (C=O) groups excluding carboxylic acids is 2. The average molecular weight is 503 g/mol. The number of ether oxygens (including phenoxy) is 4. The molecule has 0 N–H and O–H groups in total. The van der Waals surface area contributed by atoms with E-state index < -0.39 is 11.9 Å². The van der Waals surface area contributed by atoms with Gasteiger partial charge in [-0.05, 0) is 97.1 Å². The van der Waals surface area contributed by atoms with Crippen molar-refractivity contribution in [2.24, 2.45) is 0 Å². The fourth-order valence-corrected chi connectivity index (χ4v) is 3.48. The summed E-state index contributed by atoms with van der Waals surface area (Å²) in [5, 5.41) is 0. The van der Waals surface area contributed by atoms with E-state index in [2.05, 4.69) is 0 Å². The minimum absolute atomic E-state index is 0.300. The molecule has 0 amide bonds. The Morgan fingerprint density at radius 1 is 0.342 bits per heavy atom. The number of hydrogen-bond acceptors (Lipinski definition) is 6. The molecule has 0 heterocycles. The lowest BCUT2D eigenvalue weighted by Crippen LogP contribution is -2.11. The van der Waals surface area contributed by atoms with Crippen LogP contribution in [0.25, 0.3) is 0 Å². The van der Waals surface area contributed by atoms with Crippen LogP contribution in [0.3, 0.4) is 0 Å². The van der Waals surface area contributed by atoms with Crippen molar-refractivity contribution in [3.8, 4) is 34.5 Å². The Morgan fingerprint density at radius 3 is 0.974 bits per heavy atom. The molecule has 0 spiro atoms. The molecule has 0 atom stereocenters. The molecule has 0 fully saturated rings. The lowest BCUT2D eigenvalue weighted by atomic mass is 10.1. The minimum atomic E-state index is -0.546. The first-order valence-electron chi connectivity index (χ1n) is 11.8. The third-order valence-corrected chi connectivity index (χ3v) is 5.38. The van der Waals surface area contributed by atoms with Crippen molar-refractivity contribution in [3.63, 3.8) is 0 Å². The second kappa shape index (κ2) is 11.6. The summed E-state index contributed by atoms with van der Waals surface area (Å²) in [6, 6.07) is 38.3. The topological polar surface area (TPSA) is 71.1 Å². The van der Waals surface area contributed by atoms with Gasteiger partial charge in [0.15, 0.2) is 0 Å². The zero-order valence-electron chi connectivity index (χ0n) is 20.2. The van der Waals surface area contributed by atoms with Gasteiger partial charge in [0.1, 0.15) is 34.5 Å². The number of hydrogen-bond donors (Lipinski definition) is 0. The van der Waals surface area contributed by atoms with Gasteiger partial charge in [-0.2, -0.15) is 0 Å². The Bertz CT molecular complexity index is 1380. The summed E-state index contributed by atoms with van der Waals surface area (Å²) in [6.45, 7) is 0. The fraction of sp³-hybridized carbons (Fsp3) is 0. The Balaban J connectivity index is 1.14. The second-order valence-electron chi connectivity index (χ2n) is 8.13. The van der Waals surface area contributed by atoms with Crippen LogP contribution < -0.4 is 18.9 Å². The molecule has 38 heavy (non-hydrogen) atoms. The lowest BCUT2D eigenvalue weighted by Gasteiger charge is -2.09. The zero-order valence-corrected chi connectivity index (χ0v) is 20.2. The molecule has 0 aliphatic rings. The van der Waals surface area contributed by atoms with Crippen LogP contribution in [0.4, 0.5) is 0 Å². The lowest BCUT2D eigenvalue weighted by molar-refractivity contribution is 0.0720. The van der Waals surface area contributed by atoms with Crippen LogP contribution in [-0.2, 0) is 0 Å². The van der Waals surface area contributed by atoms with E-state index in [0.29, 0.717) is 45.6 Å². The molecule has 6 nitrogen and oxygen atoms in total. The predicted molar refractivity (Wildman–Crippen MR) is 142 cm³/mol. The first kappa shape index (κ1) is 24.3. The van der Waals surface area contributed by atoms with Gasteiger partial charge in [-0.15, -0.1) is 0 Å². The van der Waals surface area contributed by atoms with Crippen molar-refractivity contribution in [2.75, 3.05) is 0 Å². The molecule has 0 radical (unpaired) electrons. The molecule has 5 rings (SSSR count). The molecular weight excluding hydrogens is 480 g/mol. The van der Waals surface area contributed by atoms with Crippen molar-refractivity contribution in [2.45, 2.75) is 0 Å². The first-order valence-corrected chi connectivity index (χ1v) is 11.8. The largest absolute Gasteiger partial charge is 0.457 e. The van der Waals surface area contributed by atoms with Crippen molar-refractivity contribution in [1.82, 2.24) is 0 Å². The fourth-order valence-electron chi connectivity index (χ4n) is 3.48. The highest BCUT2D eigenvalue weighted by atomic mass is 16.5. The third kappa shape index (κ3) is 6.44.